The van der Waals surface area contributed by atoms with Gasteiger partial charge in [-0.2, -0.15) is 15.4 Å². The van der Waals surface area contributed by atoms with Crippen LogP contribution < -0.4 is 10.1 Å². The lowest BCUT2D eigenvalue weighted by Gasteiger charge is -2.21. The molecule has 1 heterocycles. The molecule has 0 spiro atoms. The van der Waals surface area contributed by atoms with Gasteiger partial charge in [0.05, 0.1) is 5.69 Å². The van der Waals surface area contributed by atoms with Crippen molar-refractivity contribution in [1.29, 1.82) is 0 Å². The van der Waals surface area contributed by atoms with Gasteiger partial charge in [0.15, 0.2) is 5.69 Å². The van der Waals surface area contributed by atoms with Gasteiger partial charge in [-0.1, -0.05) is 12.1 Å². The molecule has 6 heteroatoms. The monoisotopic (exact) mass is 314 g/mol. The molecule has 0 aliphatic heterocycles. The summed E-state index contributed by atoms with van der Waals surface area (Å²) >= 11 is 0. The summed E-state index contributed by atoms with van der Waals surface area (Å²) in [5.74, 6) is 0.991. The van der Waals surface area contributed by atoms with E-state index in [-0.39, 0.29) is 11.5 Å². The van der Waals surface area contributed by atoms with Crippen LogP contribution in [0.15, 0.2) is 24.3 Å². The van der Waals surface area contributed by atoms with Crippen LogP contribution in [0.5, 0.6) is 5.75 Å². The molecule has 0 atom stereocenters. The van der Waals surface area contributed by atoms with Crippen LogP contribution in [0.3, 0.4) is 0 Å². The van der Waals surface area contributed by atoms with Gasteiger partial charge in [-0.05, 0) is 51.3 Å². The molecule has 1 saturated carbocycles. The van der Waals surface area contributed by atoms with Crippen LogP contribution in [0.2, 0.25) is 0 Å². The maximum Gasteiger partial charge on any atom is 0.274 e. The zero-order valence-electron chi connectivity index (χ0n) is 13.7. The van der Waals surface area contributed by atoms with Gasteiger partial charge in [0.2, 0.25) is 0 Å². The number of hydrogen-bond donors (Lipinski definition) is 2. The summed E-state index contributed by atoms with van der Waals surface area (Å²) in [6, 6.07) is 7.74. The number of carbonyl (C=O) groups excluding carboxylic acids is 1. The first-order chi connectivity index (χ1) is 10.9. The lowest BCUT2D eigenvalue weighted by atomic mass is 10.1. The standard InChI is InChI=1S/C17H22N4O2/c1-17(2,3)23-13-6-4-5-11(9-13)10-18-16(22)15-14(12-7-8-12)19-21-20-15/h4-6,9,12H,7-8,10H2,1-3H3,(H,18,22)(H,19,20,21). The number of aromatic nitrogens is 3. The fourth-order valence-electron chi connectivity index (χ4n) is 2.39. The van der Waals surface area contributed by atoms with Crippen molar-refractivity contribution < 1.29 is 9.53 Å². The smallest absolute Gasteiger partial charge is 0.274 e. The highest BCUT2D eigenvalue weighted by molar-refractivity contribution is 5.93. The van der Waals surface area contributed by atoms with E-state index in [1.165, 1.54) is 0 Å². The van der Waals surface area contributed by atoms with E-state index in [9.17, 15) is 4.79 Å². The van der Waals surface area contributed by atoms with Crippen LogP contribution in [0.4, 0.5) is 0 Å². The minimum Gasteiger partial charge on any atom is -0.488 e. The van der Waals surface area contributed by atoms with E-state index in [1.54, 1.807) is 0 Å². The first kappa shape index (κ1) is 15.5. The van der Waals surface area contributed by atoms with E-state index < -0.39 is 0 Å². The fourth-order valence-corrected chi connectivity index (χ4v) is 2.39. The van der Waals surface area contributed by atoms with Gasteiger partial charge >= 0.3 is 0 Å². The van der Waals surface area contributed by atoms with Crippen molar-refractivity contribution in [2.75, 3.05) is 0 Å². The van der Waals surface area contributed by atoms with Crippen LogP contribution >= 0.6 is 0 Å². The zero-order valence-corrected chi connectivity index (χ0v) is 13.7. The van der Waals surface area contributed by atoms with E-state index in [0.29, 0.717) is 18.2 Å². The van der Waals surface area contributed by atoms with Gasteiger partial charge in [-0.3, -0.25) is 4.79 Å². The third-order valence-corrected chi connectivity index (χ3v) is 3.53. The number of hydrogen-bond acceptors (Lipinski definition) is 4. The number of aromatic amines is 1. The molecule has 1 aliphatic rings. The molecule has 6 nitrogen and oxygen atoms in total. The Bertz CT molecular complexity index is 699. The van der Waals surface area contributed by atoms with Crippen LogP contribution in [-0.2, 0) is 6.54 Å². The number of ether oxygens (including phenoxy) is 1. The maximum absolute atomic E-state index is 12.3. The van der Waals surface area contributed by atoms with Crippen molar-refractivity contribution in [2.45, 2.75) is 51.7 Å². The predicted octanol–water partition coefficient (Wildman–Crippen LogP) is 2.79. The Balaban J connectivity index is 1.62. The van der Waals surface area contributed by atoms with E-state index in [4.69, 9.17) is 4.74 Å². The summed E-state index contributed by atoms with van der Waals surface area (Å²) in [7, 11) is 0. The molecule has 2 N–H and O–H groups in total. The number of H-pyrrole nitrogens is 1. The second kappa shape index (κ2) is 6.02. The summed E-state index contributed by atoms with van der Waals surface area (Å²) < 4.78 is 5.84. The molecular formula is C17H22N4O2. The summed E-state index contributed by atoms with van der Waals surface area (Å²) in [6.45, 7) is 6.44. The second-order valence-electron chi connectivity index (χ2n) is 6.88. The molecule has 122 valence electrons. The molecule has 0 saturated heterocycles. The van der Waals surface area contributed by atoms with Crippen molar-refractivity contribution >= 4 is 5.91 Å². The van der Waals surface area contributed by atoms with Crippen molar-refractivity contribution in [3.8, 4) is 5.75 Å². The number of carbonyl (C=O) groups is 1. The molecule has 1 aromatic heterocycles. The summed E-state index contributed by atoms with van der Waals surface area (Å²) in [5, 5.41) is 13.5. The highest BCUT2D eigenvalue weighted by Crippen LogP contribution is 2.39. The van der Waals surface area contributed by atoms with Crippen molar-refractivity contribution in [1.82, 2.24) is 20.7 Å². The predicted molar refractivity (Wildman–Crippen MR) is 86.4 cm³/mol. The van der Waals surface area contributed by atoms with E-state index in [1.807, 2.05) is 45.0 Å². The van der Waals surface area contributed by atoms with Gasteiger partial charge in [0.25, 0.3) is 5.91 Å². The molecule has 1 aliphatic carbocycles. The quantitative estimate of drug-likeness (QED) is 0.889. The lowest BCUT2D eigenvalue weighted by Crippen LogP contribution is -2.25. The van der Waals surface area contributed by atoms with E-state index in [0.717, 1.165) is 29.8 Å². The van der Waals surface area contributed by atoms with Gasteiger partial charge in [0.1, 0.15) is 11.4 Å². The van der Waals surface area contributed by atoms with Gasteiger partial charge in [-0.15, -0.1) is 0 Å². The van der Waals surface area contributed by atoms with Gasteiger partial charge in [-0.25, -0.2) is 0 Å². The Hall–Kier alpha value is -2.37. The Labute approximate surface area is 135 Å². The highest BCUT2D eigenvalue weighted by Gasteiger charge is 2.31. The number of rotatable bonds is 5. The van der Waals surface area contributed by atoms with Crippen molar-refractivity contribution in [3.63, 3.8) is 0 Å². The van der Waals surface area contributed by atoms with E-state index >= 15 is 0 Å². The molecule has 1 fully saturated rings. The zero-order chi connectivity index (χ0) is 16.4. The second-order valence-corrected chi connectivity index (χ2v) is 6.88. The Morgan fingerprint density at radius 3 is 2.83 bits per heavy atom. The first-order valence-electron chi connectivity index (χ1n) is 7.89. The molecule has 3 rings (SSSR count). The average Bonchev–Trinajstić information content (AvgIpc) is 3.20. The summed E-state index contributed by atoms with van der Waals surface area (Å²) in [4.78, 5) is 12.3. The number of amides is 1. The SMILES string of the molecule is CC(C)(C)Oc1cccc(CNC(=O)c2n[nH]nc2C2CC2)c1. The maximum atomic E-state index is 12.3. The molecule has 1 aromatic carbocycles. The minimum absolute atomic E-state index is 0.192. The molecule has 23 heavy (non-hydrogen) atoms. The summed E-state index contributed by atoms with van der Waals surface area (Å²) in [5.41, 5.74) is 1.93. The van der Waals surface area contributed by atoms with Crippen LogP contribution in [-0.4, -0.2) is 26.9 Å². The topological polar surface area (TPSA) is 79.9 Å². The Kier molecular flexibility index (Phi) is 4.07. The largest absolute Gasteiger partial charge is 0.488 e. The van der Waals surface area contributed by atoms with Crippen LogP contribution in [0, 0.1) is 0 Å². The third-order valence-electron chi connectivity index (χ3n) is 3.53. The molecule has 0 bridgehead atoms. The van der Waals surface area contributed by atoms with Gasteiger partial charge in [0, 0.05) is 12.5 Å². The number of nitrogens with one attached hydrogen (secondary N) is 2. The van der Waals surface area contributed by atoms with Crippen LogP contribution in [0.1, 0.15) is 61.3 Å². The molecule has 2 aromatic rings. The Morgan fingerprint density at radius 1 is 1.35 bits per heavy atom. The van der Waals surface area contributed by atoms with Crippen molar-refractivity contribution in [2.24, 2.45) is 0 Å². The highest BCUT2D eigenvalue weighted by atomic mass is 16.5. The normalized spacial score (nSPS) is 14.6. The van der Waals surface area contributed by atoms with Crippen LogP contribution in [0.25, 0.3) is 0 Å². The average molecular weight is 314 g/mol. The Morgan fingerprint density at radius 2 is 2.13 bits per heavy atom. The molecular weight excluding hydrogens is 292 g/mol. The molecule has 1 amide bonds. The number of nitrogens with zero attached hydrogens (tertiary/aromatic N) is 2. The summed E-state index contributed by atoms with van der Waals surface area (Å²) in [6.07, 6.45) is 2.16. The van der Waals surface area contributed by atoms with E-state index in [2.05, 4.69) is 20.7 Å². The molecule has 0 unspecified atom stereocenters. The lowest BCUT2D eigenvalue weighted by molar-refractivity contribution is 0.0944. The third kappa shape index (κ3) is 4.09. The minimum atomic E-state index is -0.248. The van der Waals surface area contributed by atoms with Crippen molar-refractivity contribution in [3.05, 3.63) is 41.2 Å². The fraction of sp³-hybridized carbons (Fsp3) is 0.471. The van der Waals surface area contributed by atoms with Gasteiger partial charge < -0.3 is 10.1 Å². The molecule has 0 radical (unpaired) electrons. The first-order valence-corrected chi connectivity index (χ1v) is 7.89. The number of benzene rings is 1.